The number of hydrogen-bond donors (Lipinski definition) is 0. The molecule has 0 amide bonds. The number of rotatable bonds is 7. The van der Waals surface area contributed by atoms with Gasteiger partial charge in [0.2, 0.25) is 0 Å². The molecule has 0 aliphatic heterocycles. The maximum Gasteiger partial charge on any atom is 0.0713 e. The topological polar surface area (TPSA) is 3.24 Å². The Morgan fingerprint density at radius 3 is 1.17 bits per heavy atom. The smallest absolute Gasteiger partial charge is 0.0713 e. The van der Waals surface area contributed by atoms with Crippen LogP contribution in [0.3, 0.4) is 0 Å². The first-order valence-electron chi connectivity index (χ1n) is 20.7. The lowest BCUT2D eigenvalue weighted by Gasteiger charge is -2.34. The average molecular weight is 754 g/mol. The van der Waals surface area contributed by atoms with Crippen LogP contribution in [0.1, 0.15) is 47.2 Å². The molecule has 0 heterocycles. The first kappa shape index (κ1) is 35.0. The number of nitrogens with zero attached hydrogens (tertiary/aromatic N) is 1. The van der Waals surface area contributed by atoms with Crippen LogP contribution in [0.15, 0.2) is 224 Å². The molecule has 1 heteroatoms. The van der Waals surface area contributed by atoms with Crippen molar-refractivity contribution in [3.8, 4) is 44.5 Å². The van der Waals surface area contributed by atoms with E-state index < -0.39 is 5.41 Å². The Balaban J connectivity index is 1.07. The minimum atomic E-state index is -0.494. The summed E-state index contributed by atoms with van der Waals surface area (Å²) in [5, 5.41) is 0. The van der Waals surface area contributed by atoms with E-state index in [1.165, 1.54) is 77.9 Å². The van der Waals surface area contributed by atoms with Crippen LogP contribution < -0.4 is 4.90 Å². The summed E-state index contributed by atoms with van der Waals surface area (Å²) in [5.74, 6) is 0. The minimum Gasteiger partial charge on any atom is -0.310 e. The molecule has 0 spiro atoms. The van der Waals surface area contributed by atoms with Gasteiger partial charge in [-0.3, -0.25) is 0 Å². The summed E-state index contributed by atoms with van der Waals surface area (Å²) in [6, 6.07) is 82.9. The van der Waals surface area contributed by atoms with E-state index in [1.54, 1.807) is 0 Å². The highest BCUT2D eigenvalue weighted by Gasteiger charge is 2.46. The maximum atomic E-state index is 2.43. The number of fused-ring (bicyclic) bond motifs is 6. The molecule has 280 valence electrons. The van der Waals surface area contributed by atoms with Gasteiger partial charge in [0.05, 0.1) is 5.41 Å². The van der Waals surface area contributed by atoms with Crippen molar-refractivity contribution < 1.29 is 0 Å². The summed E-state index contributed by atoms with van der Waals surface area (Å²) in [7, 11) is 0. The lowest BCUT2D eigenvalue weighted by Crippen LogP contribution is -2.28. The Bertz CT molecular complexity index is 2930. The molecule has 0 unspecified atom stereocenters. The second kappa shape index (κ2) is 13.7. The van der Waals surface area contributed by atoms with Crippen LogP contribution in [0.2, 0.25) is 0 Å². The van der Waals surface area contributed by atoms with Crippen molar-refractivity contribution in [2.75, 3.05) is 4.90 Å². The molecule has 2 aliphatic carbocycles. The normalized spacial score (nSPS) is 13.9. The zero-order valence-corrected chi connectivity index (χ0v) is 33.3. The Hall–Kier alpha value is -7.22. The minimum absolute atomic E-state index is 0.111. The summed E-state index contributed by atoms with van der Waals surface area (Å²) >= 11 is 0. The largest absolute Gasteiger partial charge is 0.310 e. The van der Waals surface area contributed by atoms with Crippen molar-refractivity contribution in [3.05, 3.63) is 258 Å². The highest BCUT2D eigenvalue weighted by molar-refractivity contribution is 5.88. The molecule has 0 saturated carbocycles. The van der Waals surface area contributed by atoms with E-state index in [9.17, 15) is 0 Å². The number of hydrogen-bond acceptors (Lipinski definition) is 1. The second-order valence-electron chi connectivity index (χ2n) is 16.5. The van der Waals surface area contributed by atoms with Crippen molar-refractivity contribution in [1.29, 1.82) is 0 Å². The van der Waals surface area contributed by atoms with Crippen molar-refractivity contribution in [1.82, 2.24) is 0 Å². The van der Waals surface area contributed by atoms with Gasteiger partial charge in [0.25, 0.3) is 0 Å². The maximum absolute atomic E-state index is 2.43. The standard InChI is InChI=1S/C58H43N/c1-57(2)53-22-12-9-19-49(53)52-38-37-48(39-56(52)57)59(46-33-27-43(28-34-46)41-17-7-4-8-18-41)47-35-31-45(32-36-47)58(44-29-25-42(26-30-44)40-15-5-3-6-16-40)54-23-13-10-20-50(54)51-21-11-14-24-55(51)58/h3-39H,1-2H3. The highest BCUT2D eigenvalue weighted by atomic mass is 15.1. The van der Waals surface area contributed by atoms with E-state index in [-0.39, 0.29) is 5.41 Å². The second-order valence-corrected chi connectivity index (χ2v) is 16.5. The molecule has 9 aromatic carbocycles. The lowest BCUT2D eigenvalue weighted by atomic mass is 9.67. The Labute approximate surface area is 347 Å². The van der Waals surface area contributed by atoms with E-state index >= 15 is 0 Å². The van der Waals surface area contributed by atoms with Crippen molar-refractivity contribution in [2.45, 2.75) is 24.7 Å². The highest BCUT2D eigenvalue weighted by Crippen LogP contribution is 2.57. The molecule has 2 aliphatic rings. The van der Waals surface area contributed by atoms with E-state index in [1.807, 2.05) is 0 Å². The van der Waals surface area contributed by atoms with Gasteiger partial charge >= 0.3 is 0 Å². The summed E-state index contributed by atoms with van der Waals surface area (Å²) in [6.45, 7) is 4.72. The lowest BCUT2D eigenvalue weighted by molar-refractivity contribution is 0.660. The Morgan fingerprint density at radius 2 is 0.644 bits per heavy atom. The number of benzene rings is 9. The van der Waals surface area contributed by atoms with Crippen LogP contribution in [0.25, 0.3) is 44.5 Å². The molecule has 1 nitrogen and oxygen atoms in total. The van der Waals surface area contributed by atoms with E-state index in [4.69, 9.17) is 0 Å². The van der Waals surface area contributed by atoms with Crippen LogP contribution >= 0.6 is 0 Å². The van der Waals surface area contributed by atoms with Gasteiger partial charge in [-0.2, -0.15) is 0 Å². The molecule has 59 heavy (non-hydrogen) atoms. The molecule has 0 fully saturated rings. The van der Waals surface area contributed by atoms with Gasteiger partial charge < -0.3 is 4.90 Å². The van der Waals surface area contributed by atoms with Crippen molar-refractivity contribution in [3.63, 3.8) is 0 Å². The monoisotopic (exact) mass is 753 g/mol. The van der Waals surface area contributed by atoms with Crippen LogP contribution in [-0.4, -0.2) is 0 Å². The van der Waals surface area contributed by atoms with Crippen molar-refractivity contribution in [2.24, 2.45) is 0 Å². The summed E-state index contributed by atoms with van der Waals surface area (Å²) in [4.78, 5) is 2.43. The van der Waals surface area contributed by atoms with Gasteiger partial charge in [0.1, 0.15) is 0 Å². The van der Waals surface area contributed by atoms with Gasteiger partial charge in [0, 0.05) is 22.5 Å². The van der Waals surface area contributed by atoms with Crippen LogP contribution in [-0.2, 0) is 10.8 Å². The zero-order chi connectivity index (χ0) is 39.6. The fraction of sp³-hybridized carbons (Fsp3) is 0.0690. The van der Waals surface area contributed by atoms with Gasteiger partial charge in [-0.25, -0.2) is 0 Å². The fourth-order valence-electron chi connectivity index (χ4n) is 10.1. The van der Waals surface area contributed by atoms with Gasteiger partial charge in [0.15, 0.2) is 0 Å². The molecule has 0 N–H and O–H groups in total. The summed E-state index contributed by atoms with van der Waals surface area (Å²) in [6.07, 6.45) is 0. The third-order valence-electron chi connectivity index (χ3n) is 13.0. The Kier molecular flexibility index (Phi) is 8.13. The molecule has 0 bridgehead atoms. The Morgan fingerprint density at radius 1 is 0.288 bits per heavy atom. The predicted molar refractivity (Wildman–Crippen MR) is 247 cm³/mol. The molecule has 11 rings (SSSR count). The number of anilines is 3. The van der Waals surface area contributed by atoms with Crippen LogP contribution in [0, 0.1) is 0 Å². The average Bonchev–Trinajstić information content (AvgIpc) is 3.73. The summed E-state index contributed by atoms with van der Waals surface area (Å²) < 4.78 is 0. The van der Waals surface area contributed by atoms with Crippen molar-refractivity contribution >= 4 is 17.1 Å². The van der Waals surface area contributed by atoms with Gasteiger partial charge in [-0.1, -0.05) is 202 Å². The third-order valence-corrected chi connectivity index (χ3v) is 13.0. The summed E-state index contributed by atoms with van der Waals surface area (Å²) in [5.41, 5.74) is 20.8. The molecule has 0 aromatic heterocycles. The predicted octanol–water partition coefficient (Wildman–Crippen LogP) is 15.2. The van der Waals surface area contributed by atoms with Gasteiger partial charge in [-0.15, -0.1) is 0 Å². The first-order valence-corrected chi connectivity index (χ1v) is 20.7. The van der Waals surface area contributed by atoms with Gasteiger partial charge in [-0.05, 0) is 114 Å². The van der Waals surface area contributed by atoms with E-state index in [0.717, 1.165) is 17.1 Å². The zero-order valence-electron chi connectivity index (χ0n) is 33.3. The molecular weight excluding hydrogens is 711 g/mol. The third kappa shape index (κ3) is 5.46. The van der Waals surface area contributed by atoms with Crippen LogP contribution in [0.5, 0.6) is 0 Å². The fourth-order valence-corrected chi connectivity index (χ4v) is 10.1. The van der Waals surface area contributed by atoms with E-state index in [0.29, 0.717) is 0 Å². The quantitative estimate of drug-likeness (QED) is 0.157. The first-order chi connectivity index (χ1) is 29.0. The molecule has 9 aromatic rings. The molecule has 0 radical (unpaired) electrons. The van der Waals surface area contributed by atoms with Crippen LogP contribution in [0.4, 0.5) is 17.1 Å². The van der Waals surface area contributed by atoms with E-state index in [2.05, 4.69) is 243 Å². The molecular formula is C58H43N. The SMILES string of the molecule is CC1(C)c2ccccc2-c2ccc(N(c3ccc(-c4ccccc4)cc3)c3ccc(C4(c5ccc(-c6ccccc6)cc5)c5ccccc5-c5ccccc54)cc3)cc21. The molecule has 0 atom stereocenters. The molecule has 0 saturated heterocycles.